The lowest BCUT2D eigenvalue weighted by molar-refractivity contribution is -0.385. The summed E-state index contributed by atoms with van der Waals surface area (Å²) in [5.74, 6) is 1.41. The number of nitrogens with zero attached hydrogens (tertiary/aromatic N) is 4. The quantitative estimate of drug-likeness (QED) is 0.00948. The van der Waals surface area contributed by atoms with Crippen molar-refractivity contribution in [3.8, 4) is 28.7 Å². The van der Waals surface area contributed by atoms with Crippen LogP contribution < -0.4 is 55.9 Å². The molecule has 0 radical (unpaired) electrons. The molecule has 0 saturated heterocycles. The first-order valence-corrected chi connectivity index (χ1v) is 32.4. The number of amides is 3. The van der Waals surface area contributed by atoms with Crippen molar-refractivity contribution in [1.29, 1.82) is 0 Å². The molecular weight excluding hydrogens is 1280 g/mol. The van der Waals surface area contributed by atoms with Gasteiger partial charge in [-0.1, -0.05) is 12.8 Å². The van der Waals surface area contributed by atoms with Crippen LogP contribution in [0.2, 0.25) is 0 Å². The highest BCUT2D eigenvalue weighted by atomic mass is 35.5. The number of benzene rings is 3. The maximum Gasteiger partial charge on any atom is 0.413 e. The fourth-order valence-corrected chi connectivity index (χ4v) is 9.33. The molecule has 31 heteroatoms. The Balaban J connectivity index is 0.864. The smallest absolute Gasteiger partial charge is 0.413 e. The molecule has 0 unspecified atom stereocenters. The predicted octanol–water partition coefficient (Wildman–Crippen LogP) is 7.80. The molecule has 5 N–H and O–H groups in total. The zero-order chi connectivity index (χ0) is 69.0. The van der Waals surface area contributed by atoms with Crippen LogP contribution in [0.5, 0.6) is 28.7 Å². The molecule has 0 aliphatic carbocycles. The molecule has 0 fully saturated rings. The van der Waals surface area contributed by atoms with Crippen molar-refractivity contribution in [3.05, 3.63) is 97.5 Å². The number of carbonyl (C=O) groups excluding carboxylic acids is 3. The molecule has 2 aromatic heterocycles. The molecule has 3 amide bonds. The monoisotopic (exact) mass is 1370 g/mol. The van der Waals surface area contributed by atoms with Crippen molar-refractivity contribution >= 4 is 63.8 Å². The van der Waals surface area contributed by atoms with Gasteiger partial charge < -0.3 is 96.7 Å². The van der Waals surface area contributed by atoms with E-state index in [0.29, 0.717) is 145 Å². The van der Waals surface area contributed by atoms with Gasteiger partial charge in [0, 0.05) is 98.8 Å². The van der Waals surface area contributed by atoms with Gasteiger partial charge in [0.1, 0.15) is 31.2 Å². The Hall–Kier alpha value is -8.07. The van der Waals surface area contributed by atoms with Crippen LogP contribution in [-0.4, -0.2) is 205 Å². The number of carbonyl (C=O) groups is 3. The van der Waals surface area contributed by atoms with Gasteiger partial charge in [-0.15, -0.1) is 11.6 Å². The van der Waals surface area contributed by atoms with Gasteiger partial charge in [0.05, 0.1) is 124 Å². The molecule has 2 heterocycles. The summed E-state index contributed by atoms with van der Waals surface area (Å²) in [6.07, 6.45) is 5.34. The number of ether oxygens (including phenoxy) is 15. The second-order valence-corrected chi connectivity index (χ2v) is 21.2. The molecular formula is C65H93ClN8O22. The van der Waals surface area contributed by atoms with E-state index in [0.717, 1.165) is 51.1 Å². The topological polar surface area (TPSA) is 354 Å². The predicted molar refractivity (Wildman–Crippen MR) is 355 cm³/mol. The number of methoxy groups -OCH3 is 3. The van der Waals surface area contributed by atoms with Crippen LogP contribution in [-0.2, 0) is 71.8 Å². The Morgan fingerprint density at radius 1 is 0.604 bits per heavy atom. The van der Waals surface area contributed by atoms with E-state index in [1.54, 1.807) is 18.2 Å². The van der Waals surface area contributed by atoms with Crippen molar-refractivity contribution in [3.63, 3.8) is 0 Å². The number of alkyl carbamates (subject to hydrolysis) is 1. The highest BCUT2D eigenvalue weighted by Crippen LogP contribution is 2.40. The Bertz CT molecular complexity index is 3140. The standard InChI is InChI=1S/C65H93ClN8O22/c1-6-73(7-2)51-14-15-52-49(40-60(76)96-54(52)41-51)44-95-65(78)72-62-48(43-70-63(67)71-62)36-47-37-57(82-4)61(58(38-47)83-5)93-46-59(75)68-17-12-20-85-23-26-87-27-24-86-21-13-18-69-64(77)94-45-50-39-55(81-3)56(42-53(50)74(79)80)92-35-34-91-33-32-90-31-30-89-29-28-88-25-22-84-19-11-9-8-10-16-66/h14-15,37-43H,6-13,16-36,44-46H2,1-5H3,(H,68,75)(H,69,77)(H3,67,70,71,72,78). The van der Waals surface area contributed by atoms with Crippen molar-refractivity contribution in [2.75, 3.05) is 188 Å². The van der Waals surface area contributed by atoms with E-state index in [2.05, 4.69) is 30.8 Å². The summed E-state index contributed by atoms with van der Waals surface area (Å²) >= 11 is 5.68. The average molecular weight is 1370 g/mol. The van der Waals surface area contributed by atoms with Crippen LogP contribution in [0.1, 0.15) is 74.6 Å². The van der Waals surface area contributed by atoms with Gasteiger partial charge in [0.2, 0.25) is 11.7 Å². The van der Waals surface area contributed by atoms with Gasteiger partial charge in [-0.3, -0.25) is 20.2 Å². The summed E-state index contributed by atoms with van der Waals surface area (Å²) in [4.78, 5) is 72.7. The number of unbranched alkanes of at least 4 members (excludes halogenated alkanes) is 3. The molecule has 3 aromatic carbocycles. The fourth-order valence-electron chi connectivity index (χ4n) is 9.14. The number of nitro benzene ring substituents is 1. The van der Waals surface area contributed by atoms with Gasteiger partial charge in [0.25, 0.3) is 11.6 Å². The van der Waals surface area contributed by atoms with Gasteiger partial charge in [-0.05, 0) is 75.4 Å². The van der Waals surface area contributed by atoms with E-state index in [-0.39, 0.29) is 104 Å². The lowest BCUT2D eigenvalue weighted by Crippen LogP contribution is -2.30. The van der Waals surface area contributed by atoms with Crippen molar-refractivity contribution in [1.82, 2.24) is 20.6 Å². The van der Waals surface area contributed by atoms with E-state index < -0.39 is 22.7 Å². The van der Waals surface area contributed by atoms with E-state index >= 15 is 0 Å². The largest absolute Gasteiger partial charge is 0.493 e. The lowest BCUT2D eigenvalue weighted by atomic mass is 10.1. The van der Waals surface area contributed by atoms with Crippen LogP contribution in [0.3, 0.4) is 0 Å². The van der Waals surface area contributed by atoms with Gasteiger partial charge in [0.15, 0.2) is 29.6 Å². The SMILES string of the molecule is CCN(CC)c1ccc2c(COC(=O)Nc3nc(N)ncc3Cc3cc(OC)c(OCC(=O)NCCCOCCOCCOCCCNC(=O)OCc4cc(OC)c(OCCOCCOCCOCCOCCOCCCCCCCl)cc4[N+](=O)[O-])c(OC)c3)cc(=O)oc2c1. The summed E-state index contributed by atoms with van der Waals surface area (Å²) in [5.41, 5.74) is 7.98. The summed E-state index contributed by atoms with van der Waals surface area (Å²) < 4.78 is 88.9. The van der Waals surface area contributed by atoms with E-state index in [4.69, 9.17) is 92.8 Å². The van der Waals surface area contributed by atoms with E-state index in [1.165, 1.54) is 45.7 Å². The average Bonchev–Trinajstić information content (AvgIpc) is 0.827. The minimum atomic E-state index is -0.851. The van der Waals surface area contributed by atoms with Gasteiger partial charge in [-0.2, -0.15) is 4.98 Å². The molecule has 30 nitrogen and oxygen atoms in total. The van der Waals surface area contributed by atoms with E-state index in [1.807, 2.05) is 26.0 Å². The molecule has 5 aromatic rings. The number of hydrogen-bond donors (Lipinski definition) is 4. The second kappa shape index (κ2) is 46.9. The molecule has 5 rings (SSSR count). The third-order valence-electron chi connectivity index (χ3n) is 14.0. The number of aromatic nitrogens is 2. The molecule has 0 spiro atoms. The Labute approximate surface area is 563 Å². The molecule has 0 bridgehead atoms. The highest BCUT2D eigenvalue weighted by Gasteiger charge is 2.23. The number of nitrogen functional groups attached to an aromatic ring is 1. The number of nitrogens with one attached hydrogen (secondary N) is 3. The minimum absolute atomic E-state index is 0.0867. The molecule has 0 aliphatic rings. The lowest BCUT2D eigenvalue weighted by Gasteiger charge is -2.21. The van der Waals surface area contributed by atoms with Crippen LogP contribution in [0.15, 0.2) is 63.9 Å². The van der Waals surface area contributed by atoms with Crippen molar-refractivity contribution in [2.24, 2.45) is 0 Å². The molecule has 0 atom stereocenters. The normalized spacial score (nSPS) is 11.1. The third-order valence-corrected chi connectivity index (χ3v) is 14.3. The number of anilines is 3. The molecule has 0 saturated carbocycles. The number of nitrogens with two attached hydrogens (primary N) is 1. The third kappa shape index (κ3) is 29.9. The Morgan fingerprint density at radius 2 is 1.15 bits per heavy atom. The van der Waals surface area contributed by atoms with Crippen LogP contribution in [0.4, 0.5) is 32.7 Å². The number of rotatable bonds is 53. The molecule has 532 valence electrons. The first-order valence-electron chi connectivity index (χ1n) is 31.9. The van der Waals surface area contributed by atoms with Gasteiger partial charge in [-0.25, -0.2) is 19.4 Å². The van der Waals surface area contributed by atoms with E-state index in [9.17, 15) is 29.3 Å². The van der Waals surface area contributed by atoms with Crippen LogP contribution in [0, 0.1) is 10.1 Å². The van der Waals surface area contributed by atoms with Crippen molar-refractivity contribution in [2.45, 2.75) is 72.0 Å². The van der Waals surface area contributed by atoms with Crippen LogP contribution in [0.25, 0.3) is 11.0 Å². The van der Waals surface area contributed by atoms with Crippen molar-refractivity contribution < 1.29 is 94.8 Å². The maximum atomic E-state index is 13.2. The Morgan fingerprint density at radius 3 is 1.72 bits per heavy atom. The number of halogens is 1. The summed E-state index contributed by atoms with van der Waals surface area (Å²) in [5, 5.41) is 20.6. The summed E-state index contributed by atoms with van der Waals surface area (Å²) in [6.45, 7) is 11.7. The maximum absolute atomic E-state index is 13.2. The van der Waals surface area contributed by atoms with Crippen LogP contribution >= 0.6 is 11.6 Å². The summed E-state index contributed by atoms with van der Waals surface area (Å²) in [6, 6.07) is 12.8. The zero-order valence-corrected chi connectivity index (χ0v) is 56.3. The van der Waals surface area contributed by atoms with Gasteiger partial charge >= 0.3 is 17.8 Å². The minimum Gasteiger partial charge on any atom is -0.493 e. The number of nitro groups is 1. The number of hydrogen-bond acceptors (Lipinski definition) is 26. The molecule has 96 heavy (non-hydrogen) atoms. The first kappa shape index (κ1) is 78.6. The summed E-state index contributed by atoms with van der Waals surface area (Å²) in [7, 11) is 4.28. The highest BCUT2D eigenvalue weighted by molar-refractivity contribution is 6.17. The first-order chi connectivity index (χ1) is 46.8. The fraction of sp³-hybridized carbons (Fsp3) is 0.569. The molecule has 0 aliphatic heterocycles. The zero-order valence-electron chi connectivity index (χ0n) is 55.5. The second-order valence-electron chi connectivity index (χ2n) is 20.8. The number of alkyl halides is 1. The number of fused-ring (bicyclic) bond motifs is 1. The Kier molecular flexibility index (Phi) is 38.5.